The summed E-state index contributed by atoms with van der Waals surface area (Å²) >= 11 is 0. The van der Waals surface area contributed by atoms with Gasteiger partial charge in [-0.25, -0.2) is 0 Å². The highest BCUT2D eigenvalue weighted by molar-refractivity contribution is 5.52. The van der Waals surface area contributed by atoms with Gasteiger partial charge in [0.2, 0.25) is 0 Å². The molecule has 7 nitrogen and oxygen atoms in total. The third-order valence-electron chi connectivity index (χ3n) is 7.59. The maximum atomic E-state index is 10.7. The zero-order chi connectivity index (χ0) is 28.9. The summed E-state index contributed by atoms with van der Waals surface area (Å²) in [6.45, 7) is 2.95. The SMILES string of the molecule is COc1ccc(C2OCc3c(ccc(OC)c3OC)C2O)cc1.Cc1ccc2c(c1)C(O)C(c1ccccc1)OC2. The normalized spacial score (nSPS) is 21.0. The third-order valence-corrected chi connectivity index (χ3v) is 7.59. The Kier molecular flexibility index (Phi) is 8.90. The molecule has 0 spiro atoms. The Balaban J connectivity index is 0.000000169. The minimum Gasteiger partial charge on any atom is -0.497 e. The number of benzene rings is 4. The lowest BCUT2D eigenvalue weighted by molar-refractivity contribution is -0.0664. The quantitative estimate of drug-likeness (QED) is 0.298. The van der Waals surface area contributed by atoms with Gasteiger partial charge in [0.1, 0.15) is 30.2 Å². The highest BCUT2D eigenvalue weighted by atomic mass is 16.5. The van der Waals surface area contributed by atoms with E-state index in [1.54, 1.807) is 27.4 Å². The van der Waals surface area contributed by atoms with Crippen molar-refractivity contribution in [1.29, 1.82) is 0 Å². The number of ether oxygens (including phenoxy) is 5. The summed E-state index contributed by atoms with van der Waals surface area (Å²) in [6.07, 6.45) is -2.05. The largest absolute Gasteiger partial charge is 0.497 e. The first-order valence-corrected chi connectivity index (χ1v) is 13.6. The van der Waals surface area contributed by atoms with Crippen LogP contribution < -0.4 is 14.2 Å². The third kappa shape index (κ3) is 5.94. The lowest BCUT2D eigenvalue weighted by atomic mass is 9.91. The van der Waals surface area contributed by atoms with Crippen molar-refractivity contribution in [2.75, 3.05) is 21.3 Å². The molecule has 4 unspecified atom stereocenters. The van der Waals surface area contributed by atoms with Crippen molar-refractivity contribution in [3.63, 3.8) is 0 Å². The van der Waals surface area contributed by atoms with Crippen LogP contribution in [0.5, 0.6) is 17.2 Å². The average Bonchev–Trinajstić information content (AvgIpc) is 3.02. The molecule has 2 heterocycles. The Labute approximate surface area is 240 Å². The van der Waals surface area contributed by atoms with Crippen LogP contribution in [0.25, 0.3) is 0 Å². The predicted octanol–water partition coefficient (Wildman–Crippen LogP) is 6.32. The standard InChI is InChI=1S/C18H20O5.C16H16O2/c1-20-12-6-4-11(5-7-12)17-16(19)13-8-9-15(21-2)18(22-3)14(13)10-23-17;1-11-7-8-13-10-18-16(15(17)14(13)9-11)12-5-3-2-4-6-12/h4-9,16-17,19H,10H2,1-3H3;2-9,15-17H,10H2,1H3. The first-order chi connectivity index (χ1) is 19.9. The molecule has 4 aromatic rings. The number of fused-ring (bicyclic) bond motifs is 2. The highest BCUT2D eigenvalue weighted by Crippen LogP contribution is 2.45. The smallest absolute Gasteiger partial charge is 0.166 e. The summed E-state index contributed by atoms with van der Waals surface area (Å²) in [5.41, 5.74) is 6.80. The van der Waals surface area contributed by atoms with E-state index in [2.05, 4.69) is 12.1 Å². The lowest BCUT2D eigenvalue weighted by Crippen LogP contribution is -2.22. The highest BCUT2D eigenvalue weighted by Gasteiger charge is 2.33. The molecule has 0 aromatic heterocycles. The second kappa shape index (κ2) is 12.7. The van der Waals surface area contributed by atoms with Crippen molar-refractivity contribution >= 4 is 0 Å². The van der Waals surface area contributed by atoms with E-state index in [1.165, 1.54) is 5.56 Å². The second-order valence-electron chi connectivity index (χ2n) is 10.1. The molecular formula is C34H36O7. The number of rotatable bonds is 5. The number of methoxy groups -OCH3 is 3. The van der Waals surface area contributed by atoms with Gasteiger partial charge < -0.3 is 33.9 Å². The number of aliphatic hydroxyl groups is 2. The number of hydrogen-bond donors (Lipinski definition) is 2. The fourth-order valence-corrected chi connectivity index (χ4v) is 5.41. The molecule has 2 N–H and O–H groups in total. The van der Waals surface area contributed by atoms with Crippen molar-refractivity contribution in [3.8, 4) is 17.2 Å². The Bertz CT molecular complexity index is 1450. The zero-order valence-electron chi connectivity index (χ0n) is 23.7. The molecule has 2 aliphatic rings. The van der Waals surface area contributed by atoms with Crippen molar-refractivity contribution in [2.45, 2.75) is 44.6 Å². The summed E-state index contributed by atoms with van der Waals surface area (Å²) < 4.78 is 27.6. The lowest BCUT2D eigenvalue weighted by Gasteiger charge is -2.32. The van der Waals surface area contributed by atoms with Gasteiger partial charge in [0.15, 0.2) is 11.5 Å². The Morgan fingerprint density at radius 1 is 0.659 bits per heavy atom. The monoisotopic (exact) mass is 556 g/mol. The Morgan fingerprint density at radius 2 is 1.32 bits per heavy atom. The fraction of sp³-hybridized carbons (Fsp3) is 0.294. The molecule has 0 amide bonds. The van der Waals surface area contributed by atoms with E-state index in [1.807, 2.05) is 73.7 Å². The van der Waals surface area contributed by atoms with Crippen LogP contribution in [0.15, 0.2) is 84.9 Å². The van der Waals surface area contributed by atoms with Crippen molar-refractivity contribution in [1.82, 2.24) is 0 Å². The molecule has 0 radical (unpaired) electrons. The molecule has 6 rings (SSSR count). The van der Waals surface area contributed by atoms with Gasteiger partial charge in [-0.05, 0) is 52.9 Å². The maximum Gasteiger partial charge on any atom is 0.166 e. The molecule has 41 heavy (non-hydrogen) atoms. The van der Waals surface area contributed by atoms with Crippen molar-refractivity contribution in [3.05, 3.63) is 124 Å². The summed E-state index contributed by atoms with van der Waals surface area (Å²) in [6, 6.07) is 27.2. The van der Waals surface area contributed by atoms with Crippen molar-refractivity contribution < 1.29 is 33.9 Å². The van der Waals surface area contributed by atoms with Gasteiger partial charge in [-0.3, -0.25) is 0 Å². The Hall–Kier alpha value is -3.88. The van der Waals surface area contributed by atoms with Gasteiger partial charge in [-0.2, -0.15) is 0 Å². The van der Waals surface area contributed by atoms with E-state index in [4.69, 9.17) is 23.7 Å². The van der Waals surface area contributed by atoms with Crippen LogP contribution in [-0.4, -0.2) is 31.5 Å². The minimum absolute atomic E-state index is 0.263. The van der Waals surface area contributed by atoms with Gasteiger partial charge in [0.05, 0.1) is 34.5 Å². The van der Waals surface area contributed by atoms with Crippen LogP contribution in [0.2, 0.25) is 0 Å². The minimum atomic E-state index is -0.771. The van der Waals surface area contributed by atoms with Crippen LogP contribution >= 0.6 is 0 Å². The number of hydrogen-bond acceptors (Lipinski definition) is 7. The van der Waals surface area contributed by atoms with Crippen LogP contribution in [0.4, 0.5) is 0 Å². The van der Waals surface area contributed by atoms with E-state index in [0.29, 0.717) is 24.7 Å². The van der Waals surface area contributed by atoms with Crippen LogP contribution in [0, 0.1) is 6.92 Å². The average molecular weight is 557 g/mol. The van der Waals surface area contributed by atoms with Gasteiger partial charge >= 0.3 is 0 Å². The maximum absolute atomic E-state index is 10.7. The molecule has 0 bridgehead atoms. The van der Waals surface area contributed by atoms with Gasteiger partial charge in [-0.15, -0.1) is 0 Å². The molecule has 0 saturated carbocycles. The number of aryl methyl sites for hydroxylation is 1. The van der Waals surface area contributed by atoms with Crippen molar-refractivity contribution in [2.24, 2.45) is 0 Å². The number of aliphatic hydroxyl groups excluding tert-OH is 2. The molecule has 2 aliphatic heterocycles. The molecule has 0 aliphatic carbocycles. The van der Waals surface area contributed by atoms with E-state index in [-0.39, 0.29) is 6.10 Å². The van der Waals surface area contributed by atoms with Crippen LogP contribution in [0.3, 0.4) is 0 Å². The molecule has 7 heteroatoms. The molecule has 4 aromatic carbocycles. The van der Waals surface area contributed by atoms with E-state index >= 15 is 0 Å². The molecule has 214 valence electrons. The molecular weight excluding hydrogens is 520 g/mol. The first kappa shape index (κ1) is 28.6. The van der Waals surface area contributed by atoms with E-state index in [0.717, 1.165) is 39.1 Å². The zero-order valence-corrected chi connectivity index (χ0v) is 23.7. The van der Waals surface area contributed by atoms with Gasteiger partial charge in [0, 0.05) is 5.56 Å². The van der Waals surface area contributed by atoms with Gasteiger partial charge in [0.25, 0.3) is 0 Å². The predicted molar refractivity (Wildman–Crippen MR) is 155 cm³/mol. The molecule has 4 atom stereocenters. The summed E-state index contributed by atoms with van der Waals surface area (Å²) in [4.78, 5) is 0. The summed E-state index contributed by atoms with van der Waals surface area (Å²) in [5.74, 6) is 2.01. The summed E-state index contributed by atoms with van der Waals surface area (Å²) in [5, 5.41) is 21.2. The fourth-order valence-electron chi connectivity index (χ4n) is 5.41. The second-order valence-corrected chi connectivity index (χ2v) is 10.1. The summed E-state index contributed by atoms with van der Waals surface area (Å²) in [7, 11) is 4.79. The topological polar surface area (TPSA) is 86.6 Å². The van der Waals surface area contributed by atoms with E-state index in [9.17, 15) is 10.2 Å². The van der Waals surface area contributed by atoms with Gasteiger partial charge in [-0.1, -0.05) is 72.3 Å². The van der Waals surface area contributed by atoms with Crippen LogP contribution in [0.1, 0.15) is 63.4 Å². The molecule has 0 saturated heterocycles. The van der Waals surface area contributed by atoms with Crippen LogP contribution in [-0.2, 0) is 22.7 Å². The van der Waals surface area contributed by atoms with E-state index < -0.39 is 18.3 Å². The molecule has 0 fully saturated rings. The Morgan fingerprint density at radius 3 is 1.98 bits per heavy atom. The first-order valence-electron chi connectivity index (χ1n) is 13.6.